The Morgan fingerprint density at radius 1 is 1.82 bits per heavy atom. The first-order valence-electron chi connectivity index (χ1n) is 3.49. The van der Waals surface area contributed by atoms with Crippen molar-refractivity contribution in [1.29, 1.82) is 0 Å². The van der Waals surface area contributed by atoms with E-state index in [4.69, 9.17) is 10.5 Å². The van der Waals surface area contributed by atoms with Crippen molar-refractivity contribution < 1.29 is 4.74 Å². The molecule has 0 saturated heterocycles. The molecule has 0 aliphatic carbocycles. The molecule has 0 aliphatic heterocycles. The predicted molar refractivity (Wildman–Crippen MR) is 42.0 cm³/mol. The lowest BCUT2D eigenvalue weighted by molar-refractivity contribution is 0.101. The van der Waals surface area contributed by atoms with Crippen LogP contribution in [0.15, 0.2) is 12.4 Å². The number of nitrogens with zero attached hydrogens (tertiary/aromatic N) is 2. The van der Waals surface area contributed by atoms with E-state index in [9.17, 15) is 0 Å². The number of aryl methyl sites for hydroxylation is 1. The Kier molecular flexibility index (Phi) is 2.62. The monoisotopic (exact) mass is 155 g/mol. The second-order valence-electron chi connectivity index (χ2n) is 2.36. The fraction of sp³-hybridized carbons (Fsp3) is 0.571. The maximum atomic E-state index is 5.47. The van der Waals surface area contributed by atoms with E-state index in [1.807, 2.05) is 17.8 Å². The van der Waals surface area contributed by atoms with E-state index < -0.39 is 0 Å². The second kappa shape index (κ2) is 3.50. The first-order valence-corrected chi connectivity index (χ1v) is 3.49. The molecule has 0 amide bonds. The Labute approximate surface area is 66.0 Å². The van der Waals surface area contributed by atoms with Crippen molar-refractivity contribution in [2.75, 3.05) is 13.7 Å². The van der Waals surface area contributed by atoms with Gasteiger partial charge in [-0.25, -0.2) is 4.98 Å². The Morgan fingerprint density at radius 3 is 2.91 bits per heavy atom. The standard InChI is InChI=1S/C7H13N3O/c1-10-4-3-9-7(10)6(5-8)11-2/h3-4,6H,5,8H2,1-2H3. The highest BCUT2D eigenvalue weighted by molar-refractivity contribution is 4.96. The van der Waals surface area contributed by atoms with E-state index in [-0.39, 0.29) is 6.10 Å². The number of rotatable bonds is 3. The quantitative estimate of drug-likeness (QED) is 0.671. The normalized spacial score (nSPS) is 13.4. The van der Waals surface area contributed by atoms with E-state index >= 15 is 0 Å². The Morgan fingerprint density at radius 2 is 2.55 bits per heavy atom. The van der Waals surface area contributed by atoms with E-state index in [0.717, 1.165) is 5.82 Å². The molecule has 11 heavy (non-hydrogen) atoms. The molecule has 4 heteroatoms. The zero-order valence-corrected chi connectivity index (χ0v) is 6.82. The minimum atomic E-state index is -0.0880. The first kappa shape index (κ1) is 8.23. The van der Waals surface area contributed by atoms with Crippen LogP contribution in [-0.2, 0) is 11.8 Å². The van der Waals surface area contributed by atoms with Crippen LogP contribution in [0.25, 0.3) is 0 Å². The maximum Gasteiger partial charge on any atom is 0.138 e. The van der Waals surface area contributed by atoms with Gasteiger partial charge in [-0.3, -0.25) is 0 Å². The number of ether oxygens (including phenoxy) is 1. The van der Waals surface area contributed by atoms with Crippen LogP contribution >= 0.6 is 0 Å². The van der Waals surface area contributed by atoms with Crippen LogP contribution in [0.3, 0.4) is 0 Å². The molecule has 1 unspecified atom stereocenters. The summed E-state index contributed by atoms with van der Waals surface area (Å²) in [6.45, 7) is 0.460. The number of aromatic nitrogens is 2. The second-order valence-corrected chi connectivity index (χ2v) is 2.36. The third kappa shape index (κ3) is 1.58. The molecule has 0 aliphatic rings. The van der Waals surface area contributed by atoms with E-state index in [1.165, 1.54) is 0 Å². The van der Waals surface area contributed by atoms with Gasteiger partial charge in [-0.1, -0.05) is 0 Å². The topological polar surface area (TPSA) is 53.1 Å². The third-order valence-electron chi connectivity index (χ3n) is 1.65. The number of hydrogen-bond acceptors (Lipinski definition) is 3. The average Bonchev–Trinajstić information content (AvgIpc) is 2.40. The van der Waals surface area contributed by atoms with Crippen LogP contribution in [0.1, 0.15) is 11.9 Å². The summed E-state index contributed by atoms with van der Waals surface area (Å²) in [5.74, 6) is 0.870. The fourth-order valence-electron chi connectivity index (χ4n) is 0.994. The highest BCUT2D eigenvalue weighted by Gasteiger charge is 2.11. The molecule has 0 aromatic carbocycles. The molecule has 0 radical (unpaired) electrons. The van der Waals surface area contributed by atoms with E-state index in [0.29, 0.717) is 6.54 Å². The molecular weight excluding hydrogens is 142 g/mol. The SMILES string of the molecule is COC(CN)c1nccn1C. The van der Waals surface area contributed by atoms with Gasteiger partial charge in [0.2, 0.25) is 0 Å². The highest BCUT2D eigenvalue weighted by Crippen LogP contribution is 2.10. The Balaban J connectivity index is 2.81. The van der Waals surface area contributed by atoms with Crippen molar-refractivity contribution in [1.82, 2.24) is 9.55 Å². The number of hydrogen-bond donors (Lipinski definition) is 1. The van der Waals surface area contributed by atoms with Gasteiger partial charge in [-0.2, -0.15) is 0 Å². The first-order chi connectivity index (χ1) is 5.29. The molecule has 0 bridgehead atoms. The smallest absolute Gasteiger partial charge is 0.138 e. The van der Waals surface area contributed by atoms with E-state index in [2.05, 4.69) is 4.98 Å². The summed E-state index contributed by atoms with van der Waals surface area (Å²) < 4.78 is 7.02. The fourth-order valence-corrected chi connectivity index (χ4v) is 0.994. The minimum Gasteiger partial charge on any atom is -0.372 e. The summed E-state index contributed by atoms with van der Waals surface area (Å²) in [7, 11) is 3.55. The van der Waals surface area contributed by atoms with Gasteiger partial charge >= 0.3 is 0 Å². The van der Waals surface area contributed by atoms with Gasteiger partial charge in [0.1, 0.15) is 11.9 Å². The van der Waals surface area contributed by atoms with Crippen molar-refractivity contribution in [3.63, 3.8) is 0 Å². The molecule has 1 aromatic heterocycles. The molecular formula is C7H13N3O. The van der Waals surface area contributed by atoms with Crippen molar-refractivity contribution >= 4 is 0 Å². The zero-order chi connectivity index (χ0) is 8.27. The lowest BCUT2D eigenvalue weighted by Gasteiger charge is -2.11. The van der Waals surface area contributed by atoms with Crippen molar-refractivity contribution in [2.45, 2.75) is 6.10 Å². The number of methoxy groups -OCH3 is 1. The lowest BCUT2D eigenvalue weighted by Crippen LogP contribution is -2.17. The molecule has 2 N–H and O–H groups in total. The molecule has 62 valence electrons. The van der Waals surface area contributed by atoms with Crippen LogP contribution < -0.4 is 5.73 Å². The zero-order valence-electron chi connectivity index (χ0n) is 6.82. The Hall–Kier alpha value is -0.870. The molecule has 1 rings (SSSR count). The van der Waals surface area contributed by atoms with Gasteiger partial charge in [0.15, 0.2) is 0 Å². The largest absolute Gasteiger partial charge is 0.372 e. The molecule has 4 nitrogen and oxygen atoms in total. The Bertz CT molecular complexity index is 217. The van der Waals surface area contributed by atoms with Crippen molar-refractivity contribution in [3.8, 4) is 0 Å². The summed E-state index contributed by atoms with van der Waals surface area (Å²) in [6.07, 6.45) is 3.52. The summed E-state index contributed by atoms with van der Waals surface area (Å²) in [6, 6.07) is 0. The van der Waals surface area contributed by atoms with Gasteiger partial charge in [0.05, 0.1) is 0 Å². The summed E-state index contributed by atoms with van der Waals surface area (Å²) >= 11 is 0. The minimum absolute atomic E-state index is 0.0880. The van der Waals surface area contributed by atoms with Gasteiger partial charge < -0.3 is 15.0 Å². The van der Waals surface area contributed by atoms with Gasteiger partial charge in [0, 0.05) is 33.1 Å². The molecule has 1 atom stereocenters. The van der Waals surface area contributed by atoms with Crippen LogP contribution in [-0.4, -0.2) is 23.2 Å². The lowest BCUT2D eigenvalue weighted by atomic mass is 10.3. The molecule has 0 saturated carbocycles. The van der Waals surface area contributed by atoms with Crippen LogP contribution in [0.2, 0.25) is 0 Å². The predicted octanol–water partition coefficient (Wildman–Crippen LogP) is 0.0663. The van der Waals surface area contributed by atoms with Gasteiger partial charge in [-0.05, 0) is 0 Å². The van der Waals surface area contributed by atoms with Gasteiger partial charge in [0.25, 0.3) is 0 Å². The highest BCUT2D eigenvalue weighted by atomic mass is 16.5. The molecule has 0 spiro atoms. The molecule has 0 fully saturated rings. The third-order valence-corrected chi connectivity index (χ3v) is 1.65. The van der Waals surface area contributed by atoms with E-state index in [1.54, 1.807) is 13.3 Å². The van der Waals surface area contributed by atoms with Crippen LogP contribution in [0.5, 0.6) is 0 Å². The van der Waals surface area contributed by atoms with Crippen molar-refractivity contribution in [2.24, 2.45) is 12.8 Å². The van der Waals surface area contributed by atoms with Crippen LogP contribution in [0.4, 0.5) is 0 Å². The summed E-state index contributed by atoms with van der Waals surface area (Å²) in [5.41, 5.74) is 5.47. The maximum absolute atomic E-state index is 5.47. The average molecular weight is 155 g/mol. The molecule has 1 heterocycles. The van der Waals surface area contributed by atoms with Crippen molar-refractivity contribution in [3.05, 3.63) is 18.2 Å². The van der Waals surface area contributed by atoms with Crippen LogP contribution in [0, 0.1) is 0 Å². The summed E-state index contributed by atoms with van der Waals surface area (Å²) in [4.78, 5) is 4.12. The number of nitrogens with two attached hydrogens (primary N) is 1. The van der Waals surface area contributed by atoms with Gasteiger partial charge in [-0.15, -0.1) is 0 Å². The molecule has 1 aromatic rings. The summed E-state index contributed by atoms with van der Waals surface area (Å²) in [5, 5.41) is 0. The number of imidazole rings is 1.